The third kappa shape index (κ3) is 4.96. The SMILES string of the molecule is CCC(C)(CBr)CCS(C)=O. The first-order valence-electron chi connectivity index (χ1n) is 3.90. The van der Waals surface area contributed by atoms with Crippen LogP contribution in [-0.2, 0) is 10.8 Å². The third-order valence-electron chi connectivity index (χ3n) is 2.17. The molecule has 0 aliphatic carbocycles. The molecule has 0 saturated carbocycles. The molecule has 0 aromatic carbocycles. The van der Waals surface area contributed by atoms with Gasteiger partial charge < -0.3 is 0 Å². The van der Waals surface area contributed by atoms with Crippen LogP contribution in [0.15, 0.2) is 0 Å². The van der Waals surface area contributed by atoms with Crippen LogP contribution in [0.1, 0.15) is 26.7 Å². The van der Waals surface area contributed by atoms with Gasteiger partial charge in [-0.15, -0.1) is 0 Å². The van der Waals surface area contributed by atoms with Gasteiger partial charge in [0.1, 0.15) is 0 Å². The normalized spacial score (nSPS) is 19.3. The van der Waals surface area contributed by atoms with Gasteiger partial charge in [-0.05, 0) is 18.3 Å². The second kappa shape index (κ2) is 5.31. The molecule has 3 heteroatoms. The lowest BCUT2D eigenvalue weighted by atomic mass is 9.87. The molecule has 1 nitrogen and oxygen atoms in total. The maximum absolute atomic E-state index is 10.8. The van der Waals surface area contributed by atoms with E-state index >= 15 is 0 Å². The standard InChI is InChI=1S/C8H17BrOS/c1-4-8(2,7-9)5-6-11(3)10/h4-7H2,1-3H3. The highest BCUT2D eigenvalue weighted by molar-refractivity contribution is 9.09. The largest absolute Gasteiger partial charge is 0.260 e. The summed E-state index contributed by atoms with van der Waals surface area (Å²) in [6.45, 7) is 4.41. The van der Waals surface area contributed by atoms with Crippen molar-refractivity contribution in [1.82, 2.24) is 0 Å². The summed E-state index contributed by atoms with van der Waals surface area (Å²) >= 11 is 3.48. The van der Waals surface area contributed by atoms with Crippen LogP contribution in [0.25, 0.3) is 0 Å². The van der Waals surface area contributed by atoms with E-state index in [0.717, 1.165) is 23.9 Å². The van der Waals surface area contributed by atoms with Crippen LogP contribution in [0.2, 0.25) is 0 Å². The second-order valence-electron chi connectivity index (χ2n) is 3.33. The zero-order valence-electron chi connectivity index (χ0n) is 7.52. The molecule has 0 aliphatic rings. The molecule has 0 aromatic heterocycles. The molecule has 0 N–H and O–H groups in total. The van der Waals surface area contributed by atoms with Crippen molar-refractivity contribution in [2.45, 2.75) is 26.7 Å². The average Bonchev–Trinajstić information content (AvgIpc) is 2.00. The molecule has 2 atom stereocenters. The molecule has 2 unspecified atom stereocenters. The summed E-state index contributed by atoms with van der Waals surface area (Å²) in [5, 5.41) is 1.01. The third-order valence-corrected chi connectivity index (χ3v) is 4.30. The van der Waals surface area contributed by atoms with E-state index in [0.29, 0.717) is 5.41 Å². The van der Waals surface area contributed by atoms with E-state index in [9.17, 15) is 4.21 Å². The van der Waals surface area contributed by atoms with Crippen molar-refractivity contribution in [1.29, 1.82) is 0 Å². The van der Waals surface area contributed by atoms with Gasteiger partial charge in [-0.3, -0.25) is 4.21 Å². The van der Waals surface area contributed by atoms with Crippen molar-refractivity contribution in [3.63, 3.8) is 0 Å². The Morgan fingerprint density at radius 2 is 2.09 bits per heavy atom. The van der Waals surface area contributed by atoms with Crippen LogP contribution in [0.4, 0.5) is 0 Å². The van der Waals surface area contributed by atoms with Crippen LogP contribution in [0.5, 0.6) is 0 Å². The lowest BCUT2D eigenvalue weighted by Gasteiger charge is -2.24. The minimum Gasteiger partial charge on any atom is -0.260 e. The summed E-state index contributed by atoms with van der Waals surface area (Å²) in [5.74, 6) is 0.829. The van der Waals surface area contributed by atoms with Gasteiger partial charge in [0, 0.05) is 28.1 Å². The first-order chi connectivity index (χ1) is 5.04. The molecular weight excluding hydrogens is 224 g/mol. The fourth-order valence-corrected chi connectivity index (χ4v) is 2.19. The maximum Gasteiger partial charge on any atom is 0.0237 e. The summed E-state index contributed by atoms with van der Waals surface area (Å²) in [4.78, 5) is 0. The summed E-state index contributed by atoms with van der Waals surface area (Å²) in [6, 6.07) is 0. The van der Waals surface area contributed by atoms with Gasteiger partial charge >= 0.3 is 0 Å². The van der Waals surface area contributed by atoms with Crippen molar-refractivity contribution < 1.29 is 4.21 Å². The first kappa shape index (κ1) is 11.6. The predicted molar refractivity (Wildman–Crippen MR) is 55.7 cm³/mol. The fraction of sp³-hybridized carbons (Fsp3) is 1.00. The van der Waals surface area contributed by atoms with Gasteiger partial charge in [0.25, 0.3) is 0 Å². The Labute approximate surface area is 80.5 Å². The van der Waals surface area contributed by atoms with E-state index in [-0.39, 0.29) is 0 Å². The Bertz CT molecular complexity index is 132. The number of rotatable bonds is 5. The number of halogens is 1. The van der Waals surface area contributed by atoms with Gasteiger partial charge in [0.15, 0.2) is 0 Å². The fourth-order valence-electron chi connectivity index (χ4n) is 0.728. The van der Waals surface area contributed by atoms with E-state index < -0.39 is 10.8 Å². The zero-order chi connectivity index (χ0) is 8.91. The summed E-state index contributed by atoms with van der Waals surface area (Å²) in [5.41, 5.74) is 0.339. The van der Waals surface area contributed by atoms with Crippen molar-refractivity contribution in [2.24, 2.45) is 5.41 Å². The van der Waals surface area contributed by atoms with Crippen LogP contribution >= 0.6 is 15.9 Å². The molecule has 0 spiro atoms. The zero-order valence-corrected chi connectivity index (χ0v) is 9.93. The smallest absolute Gasteiger partial charge is 0.0237 e. The van der Waals surface area contributed by atoms with Gasteiger partial charge in [-0.2, -0.15) is 0 Å². The molecule has 0 amide bonds. The van der Waals surface area contributed by atoms with E-state index in [1.165, 1.54) is 0 Å². The van der Waals surface area contributed by atoms with Gasteiger partial charge in [-0.1, -0.05) is 29.8 Å². The molecule has 0 rings (SSSR count). The minimum atomic E-state index is -0.636. The summed E-state index contributed by atoms with van der Waals surface area (Å²) in [7, 11) is -0.636. The molecule has 0 aliphatic heterocycles. The highest BCUT2D eigenvalue weighted by Crippen LogP contribution is 2.27. The first-order valence-corrected chi connectivity index (χ1v) is 6.75. The maximum atomic E-state index is 10.8. The highest BCUT2D eigenvalue weighted by Gasteiger charge is 2.20. The molecule has 68 valence electrons. The molecule has 0 bridgehead atoms. The van der Waals surface area contributed by atoms with Crippen molar-refractivity contribution in [3.05, 3.63) is 0 Å². The van der Waals surface area contributed by atoms with E-state index in [1.54, 1.807) is 6.26 Å². The van der Waals surface area contributed by atoms with Crippen molar-refractivity contribution in [3.8, 4) is 0 Å². The van der Waals surface area contributed by atoms with E-state index in [4.69, 9.17) is 0 Å². The van der Waals surface area contributed by atoms with Gasteiger partial charge in [0.2, 0.25) is 0 Å². The Kier molecular flexibility index (Phi) is 5.61. The minimum absolute atomic E-state index is 0.339. The Hall–Kier alpha value is 0.630. The second-order valence-corrected chi connectivity index (χ2v) is 5.44. The highest BCUT2D eigenvalue weighted by atomic mass is 79.9. The number of hydrogen-bond donors (Lipinski definition) is 0. The Morgan fingerprint density at radius 3 is 2.36 bits per heavy atom. The summed E-state index contributed by atoms with van der Waals surface area (Å²) < 4.78 is 10.8. The topological polar surface area (TPSA) is 17.1 Å². The van der Waals surface area contributed by atoms with Crippen LogP contribution in [0, 0.1) is 5.41 Å². The number of hydrogen-bond acceptors (Lipinski definition) is 1. The van der Waals surface area contributed by atoms with Crippen LogP contribution in [-0.4, -0.2) is 21.5 Å². The Morgan fingerprint density at radius 1 is 1.55 bits per heavy atom. The molecule has 0 aromatic rings. The van der Waals surface area contributed by atoms with Crippen LogP contribution in [0.3, 0.4) is 0 Å². The number of alkyl halides is 1. The predicted octanol–water partition coefficient (Wildman–Crippen LogP) is 2.57. The van der Waals surface area contributed by atoms with Gasteiger partial charge in [-0.25, -0.2) is 0 Å². The van der Waals surface area contributed by atoms with Crippen LogP contribution < -0.4 is 0 Å². The van der Waals surface area contributed by atoms with E-state index in [2.05, 4.69) is 29.8 Å². The Balaban J connectivity index is 3.78. The molecular formula is C8H17BrOS. The van der Waals surface area contributed by atoms with E-state index in [1.807, 2.05) is 0 Å². The van der Waals surface area contributed by atoms with Crippen molar-refractivity contribution >= 4 is 26.7 Å². The lowest BCUT2D eigenvalue weighted by molar-refractivity contribution is 0.352. The monoisotopic (exact) mass is 240 g/mol. The molecule has 0 saturated heterocycles. The average molecular weight is 241 g/mol. The molecule has 11 heavy (non-hydrogen) atoms. The molecule has 0 heterocycles. The quantitative estimate of drug-likeness (QED) is 0.676. The van der Waals surface area contributed by atoms with Gasteiger partial charge in [0.05, 0.1) is 0 Å². The summed E-state index contributed by atoms with van der Waals surface area (Å²) in [6.07, 6.45) is 3.97. The molecule has 0 fully saturated rings. The van der Waals surface area contributed by atoms with Crippen molar-refractivity contribution in [2.75, 3.05) is 17.3 Å². The lowest BCUT2D eigenvalue weighted by Crippen LogP contribution is -2.19. The molecule has 0 radical (unpaired) electrons.